The Kier molecular flexibility index (Phi) is 5.65. The number of likely N-dealkylation sites (tertiary alicyclic amines) is 1. The van der Waals surface area contributed by atoms with Crippen molar-refractivity contribution in [1.82, 2.24) is 14.8 Å². The summed E-state index contributed by atoms with van der Waals surface area (Å²) in [5.74, 6) is -0.144. The molecule has 1 aliphatic heterocycles. The van der Waals surface area contributed by atoms with Gasteiger partial charge in [-0.2, -0.15) is 0 Å². The number of rotatable bonds is 5. The van der Waals surface area contributed by atoms with E-state index in [1.165, 1.54) is 0 Å². The minimum atomic E-state index is -0.452. The lowest BCUT2D eigenvalue weighted by Gasteiger charge is -2.34. The van der Waals surface area contributed by atoms with Gasteiger partial charge >= 0.3 is 6.03 Å². The van der Waals surface area contributed by atoms with E-state index in [2.05, 4.69) is 4.98 Å². The quantitative estimate of drug-likeness (QED) is 0.892. The van der Waals surface area contributed by atoms with Gasteiger partial charge in [0.25, 0.3) is 0 Å². The number of urea groups is 1. The molecule has 2 N–H and O–H groups in total. The number of hydrogen-bond donors (Lipinski definition) is 1. The number of amides is 3. The van der Waals surface area contributed by atoms with E-state index in [1.807, 2.05) is 40.6 Å². The fourth-order valence-electron chi connectivity index (χ4n) is 3.15. The lowest BCUT2D eigenvalue weighted by molar-refractivity contribution is -0.138. The SMILES string of the molecule is NC(=O)N1CCC[C@H](C(=O)N(Cc2ccccc2)Cc2nccs2)C1. The summed E-state index contributed by atoms with van der Waals surface area (Å²) in [5.41, 5.74) is 6.47. The molecule has 2 heterocycles. The Morgan fingerprint density at radius 3 is 2.76 bits per heavy atom. The lowest BCUT2D eigenvalue weighted by Crippen LogP contribution is -2.48. The Morgan fingerprint density at radius 1 is 1.28 bits per heavy atom. The van der Waals surface area contributed by atoms with E-state index in [-0.39, 0.29) is 11.8 Å². The van der Waals surface area contributed by atoms with Gasteiger partial charge in [0.05, 0.1) is 12.5 Å². The van der Waals surface area contributed by atoms with Gasteiger partial charge in [0.1, 0.15) is 5.01 Å². The largest absolute Gasteiger partial charge is 0.351 e. The highest BCUT2D eigenvalue weighted by Crippen LogP contribution is 2.22. The van der Waals surface area contributed by atoms with Crippen LogP contribution in [-0.4, -0.2) is 39.8 Å². The number of nitrogens with two attached hydrogens (primary N) is 1. The number of nitrogens with zero attached hydrogens (tertiary/aromatic N) is 3. The Morgan fingerprint density at radius 2 is 2.08 bits per heavy atom. The molecule has 0 unspecified atom stereocenters. The van der Waals surface area contributed by atoms with Gasteiger partial charge in [-0.05, 0) is 18.4 Å². The average molecular weight is 358 g/mol. The predicted octanol–water partition coefficient (Wildman–Crippen LogP) is 2.46. The van der Waals surface area contributed by atoms with E-state index < -0.39 is 6.03 Å². The van der Waals surface area contributed by atoms with Crippen LogP contribution in [0.4, 0.5) is 4.79 Å². The van der Waals surface area contributed by atoms with Crippen LogP contribution in [0.1, 0.15) is 23.4 Å². The van der Waals surface area contributed by atoms with Crippen LogP contribution >= 0.6 is 11.3 Å². The van der Waals surface area contributed by atoms with Gasteiger partial charge in [-0.3, -0.25) is 4.79 Å². The molecule has 3 rings (SSSR count). The standard InChI is InChI=1S/C18H22N4O2S/c19-18(24)21-9-4-7-15(12-21)17(23)22(13-16-20-8-10-25-16)11-14-5-2-1-3-6-14/h1-3,5-6,8,10,15H,4,7,9,11-13H2,(H2,19,24)/t15-/m0/s1. The fraction of sp³-hybridized carbons (Fsp3) is 0.389. The van der Waals surface area contributed by atoms with E-state index in [1.54, 1.807) is 22.4 Å². The Hall–Kier alpha value is -2.41. The highest BCUT2D eigenvalue weighted by atomic mass is 32.1. The number of piperidine rings is 1. The monoisotopic (exact) mass is 358 g/mol. The topological polar surface area (TPSA) is 79.5 Å². The molecule has 1 atom stereocenters. The van der Waals surface area contributed by atoms with Crippen molar-refractivity contribution in [2.24, 2.45) is 11.7 Å². The third-order valence-corrected chi connectivity index (χ3v) is 5.18. The van der Waals surface area contributed by atoms with E-state index >= 15 is 0 Å². The number of primary amides is 1. The van der Waals surface area contributed by atoms with Crippen LogP contribution in [0.3, 0.4) is 0 Å². The summed E-state index contributed by atoms with van der Waals surface area (Å²) < 4.78 is 0. The van der Waals surface area contributed by atoms with E-state index in [0.29, 0.717) is 26.2 Å². The van der Waals surface area contributed by atoms with E-state index in [9.17, 15) is 9.59 Å². The summed E-state index contributed by atoms with van der Waals surface area (Å²) in [4.78, 5) is 32.3. The molecule has 1 aromatic carbocycles. The molecule has 1 aliphatic rings. The molecular weight excluding hydrogens is 336 g/mol. The zero-order valence-electron chi connectivity index (χ0n) is 14.0. The van der Waals surface area contributed by atoms with Crippen LogP contribution in [0.15, 0.2) is 41.9 Å². The maximum absolute atomic E-state index is 13.1. The average Bonchev–Trinajstić information content (AvgIpc) is 3.14. The number of hydrogen-bond acceptors (Lipinski definition) is 4. The van der Waals surface area contributed by atoms with Gasteiger partial charge in [-0.1, -0.05) is 30.3 Å². The van der Waals surface area contributed by atoms with Gasteiger partial charge in [0.15, 0.2) is 0 Å². The maximum atomic E-state index is 13.1. The predicted molar refractivity (Wildman–Crippen MR) is 96.7 cm³/mol. The second-order valence-corrected chi connectivity index (χ2v) is 7.21. The molecule has 0 spiro atoms. The van der Waals surface area contributed by atoms with Crippen molar-refractivity contribution in [3.8, 4) is 0 Å². The summed E-state index contributed by atoms with van der Waals surface area (Å²) in [6.45, 7) is 2.05. The van der Waals surface area contributed by atoms with Crippen molar-refractivity contribution in [1.29, 1.82) is 0 Å². The first-order chi connectivity index (χ1) is 12.1. The van der Waals surface area contributed by atoms with Gasteiger partial charge in [-0.25, -0.2) is 9.78 Å². The van der Waals surface area contributed by atoms with Gasteiger partial charge < -0.3 is 15.5 Å². The van der Waals surface area contributed by atoms with Crippen molar-refractivity contribution >= 4 is 23.3 Å². The number of benzene rings is 1. The number of thiazole rings is 1. The first kappa shape index (κ1) is 17.4. The molecule has 0 radical (unpaired) electrons. The number of carbonyl (C=O) groups is 2. The fourth-order valence-corrected chi connectivity index (χ4v) is 3.78. The summed E-state index contributed by atoms with van der Waals surface area (Å²) >= 11 is 1.54. The summed E-state index contributed by atoms with van der Waals surface area (Å²) in [6, 6.07) is 9.47. The number of carbonyl (C=O) groups excluding carboxylic acids is 2. The lowest BCUT2D eigenvalue weighted by atomic mass is 9.96. The van der Waals surface area contributed by atoms with Gasteiger partial charge in [0.2, 0.25) is 5.91 Å². The third-order valence-electron chi connectivity index (χ3n) is 4.42. The zero-order chi connectivity index (χ0) is 17.6. The van der Waals surface area contributed by atoms with Crippen LogP contribution in [0, 0.1) is 5.92 Å². The van der Waals surface area contributed by atoms with Crippen molar-refractivity contribution in [3.05, 3.63) is 52.5 Å². The molecule has 0 saturated carbocycles. The Balaban J connectivity index is 1.75. The molecule has 25 heavy (non-hydrogen) atoms. The van der Waals surface area contributed by atoms with Crippen molar-refractivity contribution in [2.45, 2.75) is 25.9 Å². The molecule has 0 aliphatic carbocycles. The normalized spacial score (nSPS) is 17.3. The molecule has 1 saturated heterocycles. The second kappa shape index (κ2) is 8.11. The molecular formula is C18H22N4O2S. The van der Waals surface area contributed by atoms with Crippen LogP contribution in [0.2, 0.25) is 0 Å². The van der Waals surface area contributed by atoms with E-state index in [0.717, 1.165) is 23.4 Å². The highest BCUT2D eigenvalue weighted by Gasteiger charge is 2.31. The molecule has 132 valence electrons. The first-order valence-electron chi connectivity index (χ1n) is 8.39. The van der Waals surface area contributed by atoms with E-state index in [4.69, 9.17) is 5.73 Å². The smallest absolute Gasteiger partial charge is 0.314 e. The van der Waals surface area contributed by atoms with Crippen LogP contribution in [0.5, 0.6) is 0 Å². The van der Waals surface area contributed by atoms with Crippen molar-refractivity contribution in [2.75, 3.05) is 13.1 Å². The summed E-state index contributed by atoms with van der Waals surface area (Å²) in [6.07, 6.45) is 3.34. The second-order valence-electron chi connectivity index (χ2n) is 6.23. The zero-order valence-corrected chi connectivity index (χ0v) is 14.8. The first-order valence-corrected chi connectivity index (χ1v) is 9.27. The molecule has 7 heteroatoms. The highest BCUT2D eigenvalue weighted by molar-refractivity contribution is 7.09. The van der Waals surface area contributed by atoms with Gasteiger partial charge in [-0.15, -0.1) is 11.3 Å². The molecule has 1 aromatic heterocycles. The summed E-state index contributed by atoms with van der Waals surface area (Å²) in [5, 5.41) is 2.82. The molecule has 3 amide bonds. The minimum absolute atomic E-state index is 0.0602. The Labute approximate surface area is 151 Å². The molecule has 0 bridgehead atoms. The van der Waals surface area contributed by atoms with Crippen molar-refractivity contribution in [3.63, 3.8) is 0 Å². The van der Waals surface area contributed by atoms with Crippen molar-refractivity contribution < 1.29 is 9.59 Å². The third kappa shape index (κ3) is 4.57. The molecule has 6 nitrogen and oxygen atoms in total. The summed E-state index contributed by atoms with van der Waals surface area (Å²) in [7, 11) is 0. The minimum Gasteiger partial charge on any atom is -0.351 e. The van der Waals surface area contributed by atoms with Crippen LogP contribution in [-0.2, 0) is 17.9 Å². The maximum Gasteiger partial charge on any atom is 0.314 e. The van der Waals surface area contributed by atoms with Crippen LogP contribution < -0.4 is 5.73 Å². The van der Waals surface area contributed by atoms with Gasteiger partial charge in [0, 0.05) is 31.2 Å². The van der Waals surface area contributed by atoms with Crippen LogP contribution in [0.25, 0.3) is 0 Å². The Bertz CT molecular complexity index is 705. The number of aromatic nitrogens is 1. The molecule has 2 aromatic rings. The molecule has 1 fully saturated rings.